The molecular formula is C22H25ClFN3O3. The molecule has 0 saturated carbocycles. The van der Waals surface area contributed by atoms with E-state index in [4.69, 9.17) is 21.1 Å². The summed E-state index contributed by atoms with van der Waals surface area (Å²) in [4.78, 5) is 17.3. The van der Waals surface area contributed by atoms with Gasteiger partial charge in [-0.1, -0.05) is 23.7 Å². The fraction of sp³-hybridized carbons (Fsp3) is 0.409. The van der Waals surface area contributed by atoms with E-state index in [0.29, 0.717) is 29.6 Å². The van der Waals surface area contributed by atoms with Crippen molar-refractivity contribution in [1.82, 2.24) is 9.80 Å². The molecular weight excluding hydrogens is 409 g/mol. The van der Waals surface area contributed by atoms with Crippen LogP contribution in [0.5, 0.6) is 11.5 Å². The van der Waals surface area contributed by atoms with E-state index in [2.05, 4.69) is 10.2 Å². The SMILES string of the molecule is COc1cc2c(cc1Cl)NCC(C(=O)N1CCN(Cc3ccc(F)cc3)CC1C)O2. The molecule has 0 bridgehead atoms. The average molecular weight is 434 g/mol. The van der Waals surface area contributed by atoms with Crippen molar-refractivity contribution in [3.8, 4) is 11.5 Å². The Morgan fingerprint density at radius 3 is 2.77 bits per heavy atom. The summed E-state index contributed by atoms with van der Waals surface area (Å²) in [7, 11) is 1.54. The van der Waals surface area contributed by atoms with E-state index in [1.807, 2.05) is 11.8 Å². The minimum absolute atomic E-state index is 0.0315. The normalized spacial score (nSPS) is 21.4. The number of piperazine rings is 1. The van der Waals surface area contributed by atoms with Gasteiger partial charge < -0.3 is 19.7 Å². The number of carbonyl (C=O) groups is 1. The highest BCUT2D eigenvalue weighted by Gasteiger charge is 2.35. The van der Waals surface area contributed by atoms with Gasteiger partial charge >= 0.3 is 0 Å². The predicted octanol–water partition coefficient (Wildman–Crippen LogP) is 3.39. The van der Waals surface area contributed by atoms with Crippen LogP contribution in [-0.4, -0.2) is 61.1 Å². The van der Waals surface area contributed by atoms with Crippen molar-refractivity contribution in [2.24, 2.45) is 0 Å². The summed E-state index contributed by atoms with van der Waals surface area (Å²) in [5, 5.41) is 3.72. The van der Waals surface area contributed by atoms with Crippen LogP contribution < -0.4 is 14.8 Å². The van der Waals surface area contributed by atoms with Gasteiger partial charge in [0.05, 0.1) is 24.4 Å². The van der Waals surface area contributed by atoms with Gasteiger partial charge in [-0.2, -0.15) is 0 Å². The molecule has 2 unspecified atom stereocenters. The molecule has 0 aliphatic carbocycles. The van der Waals surface area contributed by atoms with Crippen LogP contribution in [0.15, 0.2) is 36.4 Å². The average Bonchev–Trinajstić information content (AvgIpc) is 2.74. The minimum atomic E-state index is -0.602. The number of methoxy groups -OCH3 is 1. The predicted molar refractivity (Wildman–Crippen MR) is 114 cm³/mol. The van der Waals surface area contributed by atoms with Crippen LogP contribution in [0.2, 0.25) is 5.02 Å². The van der Waals surface area contributed by atoms with Gasteiger partial charge in [-0.15, -0.1) is 0 Å². The van der Waals surface area contributed by atoms with E-state index in [9.17, 15) is 9.18 Å². The standard InChI is InChI=1S/C22H25ClFN3O3/c1-14-12-26(13-15-3-5-16(24)6-4-15)7-8-27(14)22(28)21-11-25-18-9-17(23)19(29-2)10-20(18)30-21/h3-6,9-10,14,21,25H,7-8,11-13H2,1-2H3. The van der Waals surface area contributed by atoms with Gasteiger partial charge in [-0.25, -0.2) is 4.39 Å². The second-order valence-corrected chi connectivity index (χ2v) is 8.12. The molecule has 0 spiro atoms. The third-order valence-electron chi connectivity index (χ3n) is 5.59. The van der Waals surface area contributed by atoms with E-state index >= 15 is 0 Å². The third kappa shape index (κ3) is 4.32. The second kappa shape index (κ2) is 8.70. The smallest absolute Gasteiger partial charge is 0.265 e. The van der Waals surface area contributed by atoms with Crippen LogP contribution in [0.25, 0.3) is 0 Å². The van der Waals surface area contributed by atoms with Gasteiger partial charge in [0, 0.05) is 38.3 Å². The number of hydrogen-bond acceptors (Lipinski definition) is 5. The van der Waals surface area contributed by atoms with Gasteiger partial charge in [-0.05, 0) is 30.7 Å². The van der Waals surface area contributed by atoms with Gasteiger partial charge in [0.15, 0.2) is 6.10 Å². The molecule has 30 heavy (non-hydrogen) atoms. The summed E-state index contributed by atoms with van der Waals surface area (Å²) in [6, 6.07) is 10.1. The van der Waals surface area contributed by atoms with Gasteiger partial charge in [0.25, 0.3) is 5.91 Å². The summed E-state index contributed by atoms with van der Waals surface area (Å²) in [5.41, 5.74) is 1.81. The van der Waals surface area contributed by atoms with Gasteiger partial charge in [-0.3, -0.25) is 9.69 Å². The minimum Gasteiger partial charge on any atom is -0.495 e. The fourth-order valence-corrected chi connectivity index (χ4v) is 4.24. The molecule has 1 amide bonds. The van der Waals surface area contributed by atoms with Gasteiger partial charge in [0.2, 0.25) is 0 Å². The van der Waals surface area contributed by atoms with E-state index in [1.54, 1.807) is 31.4 Å². The molecule has 1 saturated heterocycles. The summed E-state index contributed by atoms with van der Waals surface area (Å²) < 4.78 is 24.3. The van der Waals surface area contributed by atoms with Crippen molar-refractivity contribution in [1.29, 1.82) is 0 Å². The Kier molecular flexibility index (Phi) is 6.01. The first-order chi connectivity index (χ1) is 14.4. The number of carbonyl (C=O) groups excluding carboxylic acids is 1. The topological polar surface area (TPSA) is 54.0 Å². The zero-order valence-electron chi connectivity index (χ0n) is 17.0. The first-order valence-corrected chi connectivity index (χ1v) is 10.4. The quantitative estimate of drug-likeness (QED) is 0.801. The first-order valence-electron chi connectivity index (χ1n) is 10.00. The molecule has 160 valence electrons. The zero-order valence-corrected chi connectivity index (χ0v) is 17.8. The molecule has 0 radical (unpaired) electrons. The highest BCUT2D eigenvalue weighted by molar-refractivity contribution is 6.32. The monoisotopic (exact) mass is 433 g/mol. The zero-order chi connectivity index (χ0) is 21.3. The van der Waals surface area contributed by atoms with Crippen LogP contribution in [0.4, 0.5) is 10.1 Å². The van der Waals surface area contributed by atoms with Crippen molar-refractivity contribution in [3.63, 3.8) is 0 Å². The Morgan fingerprint density at radius 1 is 1.30 bits per heavy atom. The van der Waals surface area contributed by atoms with E-state index in [1.165, 1.54) is 12.1 Å². The Bertz CT molecular complexity index is 925. The maximum absolute atomic E-state index is 13.1. The molecule has 2 heterocycles. The van der Waals surface area contributed by atoms with Crippen LogP contribution in [0, 0.1) is 5.82 Å². The van der Waals surface area contributed by atoms with Gasteiger partial charge in [0.1, 0.15) is 17.3 Å². The third-order valence-corrected chi connectivity index (χ3v) is 5.89. The Balaban J connectivity index is 1.38. The molecule has 2 atom stereocenters. The summed E-state index contributed by atoms with van der Waals surface area (Å²) >= 11 is 6.16. The van der Waals surface area contributed by atoms with Crippen LogP contribution in [-0.2, 0) is 11.3 Å². The number of halogens is 2. The van der Waals surface area contributed by atoms with Crippen molar-refractivity contribution in [2.75, 3.05) is 38.6 Å². The second-order valence-electron chi connectivity index (χ2n) is 7.71. The highest BCUT2D eigenvalue weighted by Crippen LogP contribution is 2.38. The number of nitrogens with zero attached hydrogens (tertiary/aromatic N) is 2. The highest BCUT2D eigenvalue weighted by atomic mass is 35.5. The summed E-state index contributed by atoms with van der Waals surface area (Å²) in [6.07, 6.45) is -0.602. The molecule has 0 aromatic heterocycles. The number of ether oxygens (including phenoxy) is 2. The number of rotatable bonds is 4. The van der Waals surface area contributed by atoms with E-state index < -0.39 is 6.10 Å². The molecule has 1 N–H and O–H groups in total. The molecule has 2 aliphatic rings. The fourth-order valence-electron chi connectivity index (χ4n) is 4.00. The molecule has 1 fully saturated rings. The van der Waals surface area contributed by atoms with Crippen LogP contribution in [0.1, 0.15) is 12.5 Å². The number of nitrogens with one attached hydrogen (secondary N) is 1. The van der Waals surface area contributed by atoms with E-state index in [-0.39, 0.29) is 17.8 Å². The van der Waals surface area contributed by atoms with Crippen molar-refractivity contribution >= 4 is 23.2 Å². The largest absolute Gasteiger partial charge is 0.495 e. The molecule has 4 rings (SSSR count). The van der Waals surface area contributed by atoms with Crippen LogP contribution >= 0.6 is 11.6 Å². The molecule has 2 aliphatic heterocycles. The summed E-state index contributed by atoms with van der Waals surface area (Å²) in [5.74, 6) is 0.803. The Labute approximate surface area is 180 Å². The number of anilines is 1. The van der Waals surface area contributed by atoms with Crippen molar-refractivity contribution in [2.45, 2.75) is 25.6 Å². The molecule has 2 aromatic rings. The molecule has 8 heteroatoms. The lowest BCUT2D eigenvalue weighted by Gasteiger charge is -2.41. The Morgan fingerprint density at radius 2 is 2.07 bits per heavy atom. The molecule has 6 nitrogen and oxygen atoms in total. The van der Waals surface area contributed by atoms with Crippen molar-refractivity contribution in [3.05, 3.63) is 52.8 Å². The maximum Gasteiger partial charge on any atom is 0.265 e. The Hall–Kier alpha value is -2.51. The molecule has 2 aromatic carbocycles. The number of benzene rings is 2. The lowest BCUT2D eigenvalue weighted by molar-refractivity contribution is -0.143. The first kappa shape index (κ1) is 20.8. The van der Waals surface area contributed by atoms with E-state index in [0.717, 1.165) is 30.9 Å². The van der Waals surface area contributed by atoms with Crippen LogP contribution in [0.3, 0.4) is 0 Å². The lowest BCUT2D eigenvalue weighted by atomic mass is 10.1. The summed E-state index contributed by atoms with van der Waals surface area (Å²) in [6.45, 7) is 5.30. The number of hydrogen-bond donors (Lipinski definition) is 1. The number of fused-ring (bicyclic) bond motifs is 1. The lowest BCUT2D eigenvalue weighted by Crippen LogP contribution is -2.58. The maximum atomic E-state index is 13.1. The number of amides is 1. The van der Waals surface area contributed by atoms with Crippen molar-refractivity contribution < 1.29 is 18.7 Å².